The summed E-state index contributed by atoms with van der Waals surface area (Å²) in [5, 5.41) is 1.18. The van der Waals surface area contributed by atoms with Crippen molar-refractivity contribution in [1.29, 1.82) is 0 Å². The molecular weight excluding hydrogens is 326 g/mol. The summed E-state index contributed by atoms with van der Waals surface area (Å²) in [6.07, 6.45) is 2.91. The summed E-state index contributed by atoms with van der Waals surface area (Å²) < 4.78 is 5.18. The molecule has 0 spiro atoms. The highest BCUT2D eigenvalue weighted by molar-refractivity contribution is 5.85. The largest absolute Gasteiger partial charge is 0.385 e. The number of hydrogen-bond acceptors (Lipinski definition) is 4. The van der Waals surface area contributed by atoms with Crippen LogP contribution in [0.4, 0.5) is 0 Å². The number of nitrogens with zero attached hydrogens (tertiary/aromatic N) is 3. The molecule has 1 aromatic carbocycles. The third kappa shape index (κ3) is 3.60. The topological polar surface area (TPSA) is 45.7 Å². The Morgan fingerprint density at radius 3 is 2.62 bits per heavy atom. The smallest absolute Gasteiger partial charge is 0.228 e. The number of amides is 1. The molecule has 1 saturated heterocycles. The summed E-state index contributed by atoms with van der Waals surface area (Å²) in [4.78, 5) is 22.1. The zero-order valence-corrected chi connectivity index (χ0v) is 15.5. The SMILES string of the molecule is COCCC1(C(=O)N2CCN(Cc3ccc4ccccc4n3)CC2)CC1. The fourth-order valence-electron chi connectivity index (χ4n) is 3.89. The van der Waals surface area contributed by atoms with E-state index in [9.17, 15) is 4.79 Å². The minimum absolute atomic E-state index is 0.113. The highest BCUT2D eigenvalue weighted by Gasteiger charge is 2.51. The van der Waals surface area contributed by atoms with Crippen molar-refractivity contribution in [2.45, 2.75) is 25.8 Å². The van der Waals surface area contributed by atoms with Crippen LogP contribution >= 0.6 is 0 Å². The van der Waals surface area contributed by atoms with Crippen molar-refractivity contribution in [3.8, 4) is 0 Å². The molecule has 138 valence electrons. The molecule has 0 atom stereocenters. The number of rotatable bonds is 6. The summed E-state index contributed by atoms with van der Waals surface area (Å²) in [5.74, 6) is 0.345. The van der Waals surface area contributed by atoms with Crippen molar-refractivity contribution in [3.63, 3.8) is 0 Å². The van der Waals surface area contributed by atoms with Crippen LogP contribution in [0.25, 0.3) is 10.9 Å². The third-order valence-electron chi connectivity index (χ3n) is 5.79. The van der Waals surface area contributed by atoms with Crippen LogP contribution in [0.1, 0.15) is 25.0 Å². The monoisotopic (exact) mass is 353 g/mol. The van der Waals surface area contributed by atoms with Crippen molar-refractivity contribution >= 4 is 16.8 Å². The third-order valence-corrected chi connectivity index (χ3v) is 5.79. The average molecular weight is 353 g/mol. The molecule has 0 bridgehead atoms. The number of benzene rings is 1. The van der Waals surface area contributed by atoms with Crippen molar-refractivity contribution in [1.82, 2.24) is 14.8 Å². The van der Waals surface area contributed by atoms with Crippen LogP contribution in [0.3, 0.4) is 0 Å². The number of aromatic nitrogens is 1. The Balaban J connectivity index is 1.32. The number of carbonyl (C=O) groups is 1. The van der Waals surface area contributed by atoms with E-state index in [4.69, 9.17) is 9.72 Å². The van der Waals surface area contributed by atoms with Gasteiger partial charge in [0.2, 0.25) is 5.91 Å². The van der Waals surface area contributed by atoms with Gasteiger partial charge in [-0.2, -0.15) is 0 Å². The first kappa shape index (κ1) is 17.4. The van der Waals surface area contributed by atoms with Crippen molar-refractivity contribution in [2.24, 2.45) is 5.41 Å². The summed E-state index contributed by atoms with van der Waals surface area (Å²) >= 11 is 0. The molecule has 4 rings (SSSR count). The van der Waals surface area contributed by atoms with Crippen molar-refractivity contribution in [3.05, 3.63) is 42.1 Å². The van der Waals surface area contributed by atoms with Gasteiger partial charge in [-0.1, -0.05) is 24.3 Å². The molecule has 2 fully saturated rings. The van der Waals surface area contributed by atoms with Gasteiger partial charge < -0.3 is 9.64 Å². The normalized spacial score (nSPS) is 19.7. The Morgan fingerprint density at radius 2 is 1.88 bits per heavy atom. The molecule has 1 aliphatic carbocycles. The molecular formula is C21H27N3O2. The Morgan fingerprint density at radius 1 is 1.12 bits per heavy atom. The van der Waals surface area contributed by atoms with Gasteiger partial charge in [-0.25, -0.2) is 0 Å². The van der Waals surface area contributed by atoms with Gasteiger partial charge in [-0.15, -0.1) is 0 Å². The predicted molar refractivity (Wildman–Crippen MR) is 102 cm³/mol. The van der Waals surface area contributed by atoms with Gasteiger partial charge in [0.1, 0.15) is 0 Å². The van der Waals surface area contributed by atoms with E-state index in [0.29, 0.717) is 12.5 Å². The maximum atomic E-state index is 12.8. The van der Waals surface area contributed by atoms with Crippen molar-refractivity contribution < 1.29 is 9.53 Å². The second kappa shape index (κ2) is 7.33. The lowest BCUT2D eigenvalue weighted by atomic mass is 10.0. The molecule has 26 heavy (non-hydrogen) atoms. The first-order valence-corrected chi connectivity index (χ1v) is 9.56. The zero-order valence-electron chi connectivity index (χ0n) is 15.5. The molecule has 1 amide bonds. The molecule has 5 heteroatoms. The van der Waals surface area contributed by atoms with E-state index in [2.05, 4.69) is 34.1 Å². The lowest BCUT2D eigenvalue weighted by Crippen LogP contribution is -2.50. The Bertz CT molecular complexity index is 780. The minimum atomic E-state index is -0.113. The van der Waals surface area contributed by atoms with E-state index < -0.39 is 0 Å². The maximum absolute atomic E-state index is 12.8. The van der Waals surface area contributed by atoms with Crippen LogP contribution in [0.15, 0.2) is 36.4 Å². The molecule has 2 aromatic rings. The summed E-state index contributed by atoms with van der Waals surface area (Å²) in [5.41, 5.74) is 2.04. The summed E-state index contributed by atoms with van der Waals surface area (Å²) in [7, 11) is 1.71. The van der Waals surface area contributed by atoms with E-state index in [1.807, 2.05) is 12.1 Å². The Kier molecular flexibility index (Phi) is 4.92. The van der Waals surface area contributed by atoms with E-state index in [1.54, 1.807) is 7.11 Å². The molecule has 1 saturated carbocycles. The number of piperazine rings is 1. The number of para-hydroxylation sites is 1. The molecule has 5 nitrogen and oxygen atoms in total. The highest BCUT2D eigenvalue weighted by Crippen LogP contribution is 2.50. The van der Waals surface area contributed by atoms with Crippen molar-refractivity contribution in [2.75, 3.05) is 39.9 Å². The van der Waals surface area contributed by atoms with Gasteiger partial charge in [0.25, 0.3) is 0 Å². The lowest BCUT2D eigenvalue weighted by Gasteiger charge is -2.36. The molecule has 0 radical (unpaired) electrons. The lowest BCUT2D eigenvalue weighted by molar-refractivity contribution is -0.139. The maximum Gasteiger partial charge on any atom is 0.228 e. The number of fused-ring (bicyclic) bond motifs is 1. The fourth-order valence-corrected chi connectivity index (χ4v) is 3.89. The van der Waals surface area contributed by atoms with E-state index in [-0.39, 0.29) is 5.41 Å². The fraction of sp³-hybridized carbons (Fsp3) is 0.524. The number of carbonyl (C=O) groups excluding carboxylic acids is 1. The van der Waals surface area contributed by atoms with Crippen LogP contribution in [-0.4, -0.2) is 60.6 Å². The zero-order chi connectivity index (χ0) is 18.0. The quantitative estimate of drug-likeness (QED) is 0.801. The van der Waals surface area contributed by atoms with E-state index >= 15 is 0 Å². The molecule has 2 aliphatic rings. The van der Waals surface area contributed by atoms with Gasteiger partial charge in [0, 0.05) is 51.8 Å². The van der Waals surface area contributed by atoms with Crippen LogP contribution in [0.2, 0.25) is 0 Å². The molecule has 2 heterocycles. The highest BCUT2D eigenvalue weighted by atomic mass is 16.5. The molecule has 0 N–H and O–H groups in total. The molecule has 1 aromatic heterocycles. The van der Waals surface area contributed by atoms with Crippen LogP contribution in [0, 0.1) is 5.41 Å². The average Bonchev–Trinajstić information content (AvgIpc) is 3.47. The van der Waals surface area contributed by atoms with Gasteiger partial charge in [-0.3, -0.25) is 14.7 Å². The van der Waals surface area contributed by atoms with Gasteiger partial charge in [0.15, 0.2) is 0 Å². The molecule has 0 unspecified atom stereocenters. The number of ether oxygens (including phenoxy) is 1. The summed E-state index contributed by atoms with van der Waals surface area (Å²) in [6, 6.07) is 12.5. The van der Waals surface area contributed by atoms with E-state index in [0.717, 1.165) is 63.2 Å². The van der Waals surface area contributed by atoms with Gasteiger partial charge in [0.05, 0.1) is 16.6 Å². The van der Waals surface area contributed by atoms with Gasteiger partial charge in [-0.05, 0) is 31.4 Å². The van der Waals surface area contributed by atoms with Crippen LogP contribution < -0.4 is 0 Å². The first-order valence-electron chi connectivity index (χ1n) is 9.56. The predicted octanol–water partition coefficient (Wildman–Crippen LogP) is 2.70. The second-order valence-corrected chi connectivity index (χ2v) is 7.59. The van der Waals surface area contributed by atoms with Gasteiger partial charge >= 0.3 is 0 Å². The minimum Gasteiger partial charge on any atom is -0.385 e. The number of methoxy groups -OCH3 is 1. The standard InChI is InChI=1S/C21H27N3O2/c1-26-15-10-21(8-9-21)20(25)24-13-11-23(12-14-24)16-18-7-6-17-4-2-3-5-19(17)22-18/h2-7H,8-16H2,1H3. The van der Waals surface area contributed by atoms with Crippen LogP contribution in [0.5, 0.6) is 0 Å². The molecule has 1 aliphatic heterocycles. The van der Waals surface area contributed by atoms with Crippen LogP contribution in [-0.2, 0) is 16.1 Å². The summed E-state index contributed by atoms with van der Waals surface area (Å²) in [6.45, 7) is 5.00. The second-order valence-electron chi connectivity index (χ2n) is 7.59. The van der Waals surface area contributed by atoms with E-state index in [1.165, 1.54) is 5.39 Å². The first-order chi connectivity index (χ1) is 12.7. The number of hydrogen-bond donors (Lipinski definition) is 0. The Hall–Kier alpha value is -1.98. The Labute approximate surface area is 154 Å². The number of pyridine rings is 1.